The zero-order chi connectivity index (χ0) is 20.9. The van der Waals surface area contributed by atoms with E-state index in [1.54, 1.807) is 33.6 Å². The van der Waals surface area contributed by atoms with Gasteiger partial charge in [-0.25, -0.2) is 13.4 Å². The molecule has 30 heavy (non-hydrogen) atoms. The lowest BCUT2D eigenvalue weighted by Crippen LogP contribution is -2.35. The molecule has 0 N–H and O–H groups in total. The van der Waals surface area contributed by atoms with Crippen molar-refractivity contribution in [2.24, 2.45) is 0 Å². The molecule has 1 aromatic carbocycles. The molecule has 5 rings (SSSR count). The second-order valence-corrected chi connectivity index (χ2v) is 9.95. The van der Waals surface area contributed by atoms with Crippen LogP contribution in [0.2, 0.25) is 0 Å². The number of aryl methyl sites for hydroxylation is 1. The van der Waals surface area contributed by atoms with Crippen LogP contribution in [0.25, 0.3) is 5.65 Å². The largest absolute Gasteiger partial charge is 0.306 e. The summed E-state index contributed by atoms with van der Waals surface area (Å²) in [4.78, 5) is 19.7. The molecule has 8 heteroatoms. The van der Waals surface area contributed by atoms with Crippen LogP contribution in [0.4, 0.5) is 5.69 Å². The Kier molecular flexibility index (Phi) is 4.63. The first kappa shape index (κ1) is 19.3. The summed E-state index contributed by atoms with van der Waals surface area (Å²) in [6.07, 6.45) is 7.15. The molecular formula is C22H24N4O3S. The molecule has 1 amide bonds. The Morgan fingerprint density at radius 2 is 1.87 bits per heavy atom. The normalized spacial score (nSPS) is 17.4. The first-order valence-corrected chi connectivity index (χ1v) is 11.8. The fourth-order valence-corrected chi connectivity index (χ4v) is 5.97. The van der Waals surface area contributed by atoms with Crippen molar-refractivity contribution in [3.63, 3.8) is 0 Å². The predicted molar refractivity (Wildman–Crippen MR) is 114 cm³/mol. The maximum absolute atomic E-state index is 13.1. The molecule has 0 spiro atoms. The molecular weight excluding hydrogens is 400 g/mol. The van der Waals surface area contributed by atoms with E-state index in [0.29, 0.717) is 36.6 Å². The zero-order valence-electron chi connectivity index (χ0n) is 16.9. The van der Waals surface area contributed by atoms with Crippen molar-refractivity contribution in [3.8, 4) is 0 Å². The molecule has 2 aromatic heterocycles. The van der Waals surface area contributed by atoms with Crippen LogP contribution in [-0.2, 0) is 16.4 Å². The third-order valence-corrected chi connectivity index (χ3v) is 7.94. The monoisotopic (exact) mass is 424 g/mol. The summed E-state index contributed by atoms with van der Waals surface area (Å²) in [6, 6.07) is 9.01. The highest BCUT2D eigenvalue weighted by atomic mass is 32.2. The van der Waals surface area contributed by atoms with E-state index in [1.165, 1.54) is 0 Å². The van der Waals surface area contributed by atoms with Crippen LogP contribution in [0.1, 0.15) is 40.9 Å². The lowest BCUT2D eigenvalue weighted by molar-refractivity contribution is 0.0985. The van der Waals surface area contributed by atoms with Gasteiger partial charge < -0.3 is 9.30 Å². The highest BCUT2D eigenvalue weighted by Crippen LogP contribution is 2.32. The highest BCUT2D eigenvalue weighted by molar-refractivity contribution is 7.89. The van der Waals surface area contributed by atoms with Crippen molar-refractivity contribution in [1.82, 2.24) is 13.7 Å². The summed E-state index contributed by atoms with van der Waals surface area (Å²) in [6.45, 7) is 3.65. The minimum atomic E-state index is -3.48. The van der Waals surface area contributed by atoms with E-state index < -0.39 is 10.0 Å². The number of anilines is 1. The summed E-state index contributed by atoms with van der Waals surface area (Å²) >= 11 is 0. The van der Waals surface area contributed by atoms with Gasteiger partial charge in [-0.2, -0.15) is 4.31 Å². The number of amides is 1. The summed E-state index contributed by atoms with van der Waals surface area (Å²) in [5.74, 6) is -0.163. The number of sulfonamides is 1. The smallest absolute Gasteiger partial charge is 0.278 e. The van der Waals surface area contributed by atoms with Gasteiger partial charge in [-0.3, -0.25) is 4.79 Å². The lowest BCUT2D eigenvalue weighted by atomic mass is 10.2. The standard InChI is InChI=1S/C22H24N4O3S/c1-16-6-5-10-24-15-19(23-21(16)24)22(27)26-13-9-17-14-18(7-8-20(17)26)30(28,29)25-11-3-2-4-12-25/h5-8,10,14-15H,2-4,9,11-13H2,1H3. The SMILES string of the molecule is Cc1cccn2cc(C(=O)N3CCc4cc(S(=O)(=O)N5CCCCC5)ccc43)nc12. The summed E-state index contributed by atoms with van der Waals surface area (Å²) in [5.41, 5.74) is 3.82. The van der Waals surface area contributed by atoms with Gasteiger partial charge in [0.25, 0.3) is 5.91 Å². The van der Waals surface area contributed by atoms with Gasteiger partial charge in [0.2, 0.25) is 10.0 Å². The summed E-state index contributed by atoms with van der Waals surface area (Å²) in [7, 11) is -3.48. The number of nitrogens with zero attached hydrogens (tertiary/aromatic N) is 4. The van der Waals surface area contributed by atoms with Crippen molar-refractivity contribution in [2.45, 2.75) is 37.5 Å². The molecule has 1 saturated heterocycles. The van der Waals surface area contributed by atoms with Crippen molar-refractivity contribution >= 4 is 27.3 Å². The molecule has 3 aromatic rings. The topological polar surface area (TPSA) is 75.0 Å². The maximum atomic E-state index is 13.1. The highest BCUT2D eigenvalue weighted by Gasteiger charge is 2.31. The van der Waals surface area contributed by atoms with Crippen LogP contribution in [0, 0.1) is 6.92 Å². The average Bonchev–Trinajstić information content (AvgIpc) is 3.38. The second kappa shape index (κ2) is 7.21. The predicted octanol–water partition coefficient (Wildman–Crippen LogP) is 3.02. The number of rotatable bonds is 3. The number of pyridine rings is 1. The van der Waals surface area contributed by atoms with Crippen molar-refractivity contribution in [1.29, 1.82) is 0 Å². The molecule has 0 bridgehead atoms. The minimum Gasteiger partial charge on any atom is -0.306 e. The van der Waals surface area contributed by atoms with Crippen LogP contribution in [-0.4, -0.2) is 47.6 Å². The van der Waals surface area contributed by atoms with Gasteiger partial charge in [-0.15, -0.1) is 0 Å². The number of hydrogen-bond donors (Lipinski definition) is 0. The number of fused-ring (bicyclic) bond motifs is 2. The van der Waals surface area contributed by atoms with Crippen LogP contribution >= 0.6 is 0 Å². The summed E-state index contributed by atoms with van der Waals surface area (Å²) < 4.78 is 29.4. The first-order chi connectivity index (χ1) is 14.4. The third-order valence-electron chi connectivity index (χ3n) is 6.04. The third kappa shape index (κ3) is 3.11. The Labute approximate surface area is 176 Å². The lowest BCUT2D eigenvalue weighted by Gasteiger charge is -2.26. The first-order valence-electron chi connectivity index (χ1n) is 10.3. The van der Waals surface area contributed by atoms with Crippen LogP contribution in [0.3, 0.4) is 0 Å². The van der Waals surface area contributed by atoms with Crippen molar-refractivity contribution in [2.75, 3.05) is 24.5 Å². The quantitative estimate of drug-likeness (QED) is 0.648. The molecule has 0 atom stereocenters. The Morgan fingerprint density at radius 1 is 1.07 bits per heavy atom. The Hall–Kier alpha value is -2.71. The van der Waals surface area contributed by atoms with E-state index >= 15 is 0 Å². The van der Waals surface area contributed by atoms with E-state index in [0.717, 1.165) is 41.7 Å². The minimum absolute atomic E-state index is 0.163. The molecule has 0 saturated carbocycles. The van der Waals surface area contributed by atoms with Crippen LogP contribution in [0.5, 0.6) is 0 Å². The van der Waals surface area contributed by atoms with E-state index in [4.69, 9.17) is 0 Å². The van der Waals surface area contributed by atoms with Crippen LogP contribution in [0.15, 0.2) is 47.6 Å². The number of piperidine rings is 1. The van der Waals surface area contributed by atoms with Gasteiger partial charge >= 0.3 is 0 Å². The molecule has 156 valence electrons. The Balaban J connectivity index is 1.44. The van der Waals surface area contributed by atoms with Gasteiger partial charge in [0.05, 0.1) is 4.90 Å². The molecule has 7 nitrogen and oxygen atoms in total. The molecule has 2 aliphatic heterocycles. The van der Waals surface area contributed by atoms with E-state index in [1.807, 2.05) is 29.7 Å². The molecule has 2 aliphatic rings. The molecule has 1 fully saturated rings. The number of carbonyl (C=O) groups is 1. The average molecular weight is 425 g/mol. The van der Waals surface area contributed by atoms with Gasteiger partial charge in [-0.05, 0) is 61.6 Å². The zero-order valence-corrected chi connectivity index (χ0v) is 17.7. The molecule has 4 heterocycles. The van der Waals surface area contributed by atoms with Gasteiger partial charge in [-0.1, -0.05) is 12.5 Å². The number of aromatic nitrogens is 2. The van der Waals surface area contributed by atoms with E-state index in [2.05, 4.69) is 4.98 Å². The molecule has 0 unspecified atom stereocenters. The molecule has 0 aliphatic carbocycles. The fraction of sp³-hybridized carbons (Fsp3) is 0.364. The Morgan fingerprint density at radius 3 is 2.63 bits per heavy atom. The summed E-state index contributed by atoms with van der Waals surface area (Å²) in [5, 5.41) is 0. The van der Waals surface area contributed by atoms with Gasteiger partial charge in [0, 0.05) is 37.7 Å². The maximum Gasteiger partial charge on any atom is 0.278 e. The number of hydrogen-bond acceptors (Lipinski definition) is 4. The molecule has 0 radical (unpaired) electrons. The number of carbonyl (C=O) groups excluding carboxylic acids is 1. The number of benzene rings is 1. The van der Waals surface area contributed by atoms with Crippen molar-refractivity contribution < 1.29 is 13.2 Å². The van der Waals surface area contributed by atoms with Crippen LogP contribution < -0.4 is 4.90 Å². The van der Waals surface area contributed by atoms with E-state index in [9.17, 15) is 13.2 Å². The second-order valence-electron chi connectivity index (χ2n) is 8.01. The van der Waals surface area contributed by atoms with Crippen molar-refractivity contribution in [3.05, 3.63) is 59.5 Å². The van der Waals surface area contributed by atoms with E-state index in [-0.39, 0.29) is 5.91 Å². The fourth-order valence-electron chi connectivity index (χ4n) is 4.40. The number of imidazole rings is 1. The van der Waals surface area contributed by atoms with Gasteiger partial charge in [0.1, 0.15) is 11.3 Å². The Bertz CT molecular complexity index is 1240. The van der Waals surface area contributed by atoms with Gasteiger partial charge in [0.15, 0.2) is 0 Å².